The van der Waals surface area contributed by atoms with Crippen LogP contribution in [0, 0.1) is 0 Å². The van der Waals surface area contributed by atoms with Gasteiger partial charge in [0.1, 0.15) is 5.69 Å². The second-order valence-electron chi connectivity index (χ2n) is 4.06. The lowest BCUT2D eigenvalue weighted by Crippen LogP contribution is -2.09. The summed E-state index contributed by atoms with van der Waals surface area (Å²) in [4.78, 5) is 15.3. The highest BCUT2D eigenvalue weighted by Crippen LogP contribution is 2.38. The van der Waals surface area contributed by atoms with Crippen molar-refractivity contribution in [2.45, 2.75) is 6.18 Å². The maximum absolute atomic E-state index is 13.0. The second kappa shape index (κ2) is 5.73. The number of ether oxygens (including phenoxy) is 1. The number of benzene rings is 1. The molecule has 1 aromatic carbocycles. The molecule has 0 fully saturated rings. The molecular weight excluding hydrogens is 307 g/mol. The number of pyridine rings is 1. The van der Waals surface area contributed by atoms with Crippen molar-refractivity contribution < 1.29 is 22.7 Å². The van der Waals surface area contributed by atoms with Gasteiger partial charge in [0.05, 0.1) is 23.4 Å². The zero-order valence-corrected chi connectivity index (χ0v) is 11.5. The highest BCUT2D eigenvalue weighted by atomic mass is 35.5. The number of carbonyl (C=O) groups excluding carboxylic acids is 1. The fraction of sp³-hybridized carbons (Fsp3) is 0.143. The van der Waals surface area contributed by atoms with Crippen molar-refractivity contribution in [2.24, 2.45) is 0 Å². The van der Waals surface area contributed by atoms with E-state index in [1.807, 2.05) is 0 Å². The molecule has 0 spiro atoms. The highest BCUT2D eigenvalue weighted by molar-refractivity contribution is 6.33. The molecule has 7 heteroatoms. The van der Waals surface area contributed by atoms with Gasteiger partial charge in [-0.15, -0.1) is 0 Å². The predicted molar refractivity (Wildman–Crippen MR) is 71.0 cm³/mol. The van der Waals surface area contributed by atoms with Gasteiger partial charge in [-0.2, -0.15) is 13.2 Å². The number of rotatable bonds is 2. The Morgan fingerprint density at radius 3 is 2.48 bits per heavy atom. The summed E-state index contributed by atoms with van der Waals surface area (Å²) in [6, 6.07) is 7.48. The molecule has 0 unspecified atom stereocenters. The average molecular weight is 316 g/mol. The summed E-state index contributed by atoms with van der Waals surface area (Å²) in [5.74, 6) is -0.752. The first-order valence-electron chi connectivity index (χ1n) is 5.76. The summed E-state index contributed by atoms with van der Waals surface area (Å²) in [7, 11) is 1.15. The summed E-state index contributed by atoms with van der Waals surface area (Å²) in [6.07, 6.45) is -4.55. The van der Waals surface area contributed by atoms with Crippen molar-refractivity contribution in [1.29, 1.82) is 0 Å². The van der Waals surface area contributed by atoms with Gasteiger partial charge in [0.15, 0.2) is 0 Å². The van der Waals surface area contributed by atoms with E-state index in [2.05, 4.69) is 9.72 Å². The number of esters is 1. The fourth-order valence-corrected chi connectivity index (χ4v) is 1.99. The van der Waals surface area contributed by atoms with Crippen LogP contribution in [0.5, 0.6) is 0 Å². The number of halogens is 4. The van der Waals surface area contributed by atoms with E-state index < -0.39 is 17.7 Å². The SMILES string of the molecule is COC(=O)c1ccc(Cl)c(-c2ccccc2C(F)(F)F)n1. The monoisotopic (exact) mass is 315 g/mol. The number of hydrogen-bond acceptors (Lipinski definition) is 3. The summed E-state index contributed by atoms with van der Waals surface area (Å²) < 4.78 is 43.6. The lowest BCUT2D eigenvalue weighted by atomic mass is 10.0. The normalized spacial score (nSPS) is 11.3. The highest BCUT2D eigenvalue weighted by Gasteiger charge is 2.34. The maximum Gasteiger partial charge on any atom is 0.417 e. The van der Waals surface area contributed by atoms with E-state index in [4.69, 9.17) is 11.6 Å². The van der Waals surface area contributed by atoms with Gasteiger partial charge in [-0.3, -0.25) is 0 Å². The zero-order chi connectivity index (χ0) is 15.6. The number of nitrogens with zero attached hydrogens (tertiary/aromatic N) is 1. The first-order valence-corrected chi connectivity index (χ1v) is 6.14. The fourth-order valence-electron chi connectivity index (χ4n) is 1.79. The van der Waals surface area contributed by atoms with Crippen molar-refractivity contribution in [3.63, 3.8) is 0 Å². The Balaban J connectivity index is 2.65. The Morgan fingerprint density at radius 1 is 1.19 bits per heavy atom. The molecule has 2 rings (SSSR count). The molecule has 0 atom stereocenters. The molecule has 0 bridgehead atoms. The molecule has 1 heterocycles. The van der Waals surface area contributed by atoms with E-state index >= 15 is 0 Å². The van der Waals surface area contributed by atoms with Crippen LogP contribution in [0.2, 0.25) is 5.02 Å². The summed E-state index contributed by atoms with van der Waals surface area (Å²) in [6.45, 7) is 0. The Hall–Kier alpha value is -2.08. The lowest BCUT2D eigenvalue weighted by molar-refractivity contribution is -0.137. The first-order chi connectivity index (χ1) is 9.84. The smallest absolute Gasteiger partial charge is 0.417 e. The Morgan fingerprint density at radius 2 is 1.86 bits per heavy atom. The van der Waals surface area contributed by atoms with Gasteiger partial charge in [0.25, 0.3) is 0 Å². The van der Waals surface area contributed by atoms with E-state index in [0.29, 0.717) is 0 Å². The minimum Gasteiger partial charge on any atom is -0.464 e. The molecule has 110 valence electrons. The number of methoxy groups -OCH3 is 1. The lowest BCUT2D eigenvalue weighted by Gasteiger charge is -2.13. The van der Waals surface area contributed by atoms with Gasteiger partial charge in [-0.25, -0.2) is 9.78 Å². The third-order valence-electron chi connectivity index (χ3n) is 2.73. The van der Waals surface area contributed by atoms with E-state index in [-0.39, 0.29) is 22.0 Å². The van der Waals surface area contributed by atoms with Crippen LogP contribution in [0.1, 0.15) is 16.1 Å². The van der Waals surface area contributed by atoms with E-state index in [9.17, 15) is 18.0 Å². The van der Waals surface area contributed by atoms with Crippen LogP contribution in [0.25, 0.3) is 11.3 Å². The van der Waals surface area contributed by atoms with Gasteiger partial charge < -0.3 is 4.74 Å². The van der Waals surface area contributed by atoms with Crippen molar-refractivity contribution in [2.75, 3.05) is 7.11 Å². The Kier molecular flexibility index (Phi) is 4.18. The minimum atomic E-state index is -4.55. The Bertz CT molecular complexity index is 686. The van der Waals surface area contributed by atoms with Crippen LogP contribution in [0.4, 0.5) is 13.2 Å². The molecular formula is C14H9ClF3NO2. The number of alkyl halides is 3. The zero-order valence-electron chi connectivity index (χ0n) is 10.7. The molecule has 0 aliphatic rings. The summed E-state index contributed by atoms with van der Waals surface area (Å²) in [5, 5.41) is 0.0133. The molecule has 21 heavy (non-hydrogen) atoms. The quantitative estimate of drug-likeness (QED) is 0.779. The van der Waals surface area contributed by atoms with Gasteiger partial charge in [0, 0.05) is 5.56 Å². The second-order valence-corrected chi connectivity index (χ2v) is 4.47. The van der Waals surface area contributed by atoms with Crippen LogP contribution in [-0.2, 0) is 10.9 Å². The standard InChI is InChI=1S/C14H9ClF3NO2/c1-21-13(20)11-7-6-10(15)12(19-11)8-4-2-3-5-9(8)14(16,17)18/h2-7H,1H3. The van der Waals surface area contributed by atoms with Crippen LogP contribution >= 0.6 is 11.6 Å². The molecule has 0 N–H and O–H groups in total. The van der Waals surface area contributed by atoms with Crippen LogP contribution in [0.15, 0.2) is 36.4 Å². The first kappa shape index (κ1) is 15.3. The van der Waals surface area contributed by atoms with Crippen molar-refractivity contribution in [1.82, 2.24) is 4.98 Å². The predicted octanol–water partition coefficient (Wildman–Crippen LogP) is 4.21. The van der Waals surface area contributed by atoms with Crippen LogP contribution in [0.3, 0.4) is 0 Å². The molecule has 0 amide bonds. The summed E-state index contributed by atoms with van der Waals surface area (Å²) >= 11 is 5.92. The van der Waals surface area contributed by atoms with E-state index in [1.54, 1.807) is 0 Å². The van der Waals surface area contributed by atoms with E-state index in [0.717, 1.165) is 13.2 Å². The largest absolute Gasteiger partial charge is 0.464 e. The molecule has 0 saturated carbocycles. The van der Waals surface area contributed by atoms with Gasteiger partial charge in [-0.1, -0.05) is 29.8 Å². The average Bonchev–Trinajstić information content (AvgIpc) is 2.46. The molecule has 0 aliphatic carbocycles. The van der Waals surface area contributed by atoms with Crippen molar-refractivity contribution >= 4 is 17.6 Å². The minimum absolute atomic E-state index is 0.0133. The molecule has 1 aromatic heterocycles. The summed E-state index contributed by atoms with van der Waals surface area (Å²) in [5.41, 5.74) is -1.30. The molecule has 0 aliphatic heterocycles. The van der Waals surface area contributed by atoms with Crippen LogP contribution < -0.4 is 0 Å². The topological polar surface area (TPSA) is 39.2 Å². The van der Waals surface area contributed by atoms with Gasteiger partial charge in [-0.05, 0) is 18.2 Å². The van der Waals surface area contributed by atoms with Crippen molar-refractivity contribution in [3.05, 3.63) is 52.7 Å². The molecule has 2 aromatic rings. The number of carbonyl (C=O) groups is 1. The molecule has 0 radical (unpaired) electrons. The van der Waals surface area contributed by atoms with Gasteiger partial charge in [0.2, 0.25) is 0 Å². The van der Waals surface area contributed by atoms with Crippen LogP contribution in [-0.4, -0.2) is 18.1 Å². The van der Waals surface area contributed by atoms with Crippen molar-refractivity contribution in [3.8, 4) is 11.3 Å². The van der Waals surface area contributed by atoms with Gasteiger partial charge >= 0.3 is 12.1 Å². The Labute approximate surface area is 123 Å². The third kappa shape index (κ3) is 3.16. The number of aromatic nitrogens is 1. The maximum atomic E-state index is 13.0. The molecule has 3 nitrogen and oxygen atoms in total. The number of hydrogen-bond donors (Lipinski definition) is 0. The molecule has 0 saturated heterocycles. The van der Waals surface area contributed by atoms with E-state index in [1.165, 1.54) is 30.3 Å². The third-order valence-corrected chi connectivity index (χ3v) is 3.03.